The van der Waals surface area contributed by atoms with Gasteiger partial charge in [-0.3, -0.25) is 0 Å². The molecule has 2 aromatic rings. The number of fused-ring (bicyclic) bond motifs is 1. The Kier molecular flexibility index (Phi) is 9.44. The third-order valence-corrected chi connectivity index (χ3v) is 5.48. The van der Waals surface area contributed by atoms with E-state index in [0.29, 0.717) is 0 Å². The molecule has 1 saturated carbocycles. The van der Waals surface area contributed by atoms with Gasteiger partial charge < -0.3 is 24.8 Å². The zero-order valence-electron chi connectivity index (χ0n) is 13.2. The average Bonchev–Trinajstić information content (AvgIpc) is 3.17. The summed E-state index contributed by atoms with van der Waals surface area (Å²) in [6.07, 6.45) is 14.9. The first-order valence-corrected chi connectivity index (χ1v) is 9.14. The van der Waals surface area contributed by atoms with Crippen molar-refractivity contribution in [3.8, 4) is 0 Å². The van der Waals surface area contributed by atoms with Gasteiger partial charge in [-0.25, -0.2) is 0 Å². The van der Waals surface area contributed by atoms with Crippen molar-refractivity contribution in [1.82, 2.24) is 0 Å². The van der Waals surface area contributed by atoms with Crippen molar-refractivity contribution in [1.29, 1.82) is 0 Å². The van der Waals surface area contributed by atoms with Crippen LogP contribution in [-0.2, 0) is 24.2 Å². The topological polar surface area (TPSA) is 0 Å². The predicted octanol–water partition coefficient (Wildman–Crippen LogP) is -0.420. The van der Waals surface area contributed by atoms with E-state index in [4.69, 9.17) is 0 Å². The van der Waals surface area contributed by atoms with Crippen molar-refractivity contribution >= 4 is 19.6 Å². The first kappa shape index (κ1) is 20.7. The monoisotopic (exact) mass is 421 g/mol. The molecule has 0 amide bonds. The fourth-order valence-electron chi connectivity index (χ4n) is 3.06. The van der Waals surface area contributed by atoms with E-state index in [0.717, 1.165) is 6.42 Å². The predicted molar refractivity (Wildman–Crippen MR) is 89.4 cm³/mol. The van der Waals surface area contributed by atoms with Crippen molar-refractivity contribution < 1.29 is 49.0 Å². The molecule has 4 rings (SSSR count). The summed E-state index contributed by atoms with van der Waals surface area (Å²) in [5.41, 5.74) is 2.83. The molecule has 1 fully saturated rings. The Morgan fingerprint density at radius 2 is 1.65 bits per heavy atom. The van der Waals surface area contributed by atoms with Gasteiger partial charge in [-0.2, -0.15) is 0 Å². The number of halogens is 2. The molecule has 0 nitrogen and oxygen atoms in total. The summed E-state index contributed by atoms with van der Waals surface area (Å²) in [6, 6.07) is 13.0. The molecule has 2 aromatic carbocycles. The van der Waals surface area contributed by atoms with Crippen molar-refractivity contribution in [3.05, 3.63) is 60.2 Å². The van der Waals surface area contributed by atoms with E-state index >= 15 is 0 Å². The molecule has 0 saturated heterocycles. The fourth-order valence-corrected chi connectivity index (χ4v) is 3.93. The molecule has 0 aliphatic heterocycles. The Balaban J connectivity index is 0.000000255. The summed E-state index contributed by atoms with van der Waals surface area (Å²) in [5, 5.41) is 2.72. The van der Waals surface area contributed by atoms with E-state index in [1.54, 1.807) is 27.4 Å². The molecule has 0 bridgehead atoms. The molecule has 120 valence electrons. The van der Waals surface area contributed by atoms with E-state index in [1.165, 1.54) is 54.0 Å². The maximum absolute atomic E-state index is 2.23. The second-order valence-corrected chi connectivity index (χ2v) is 7.56. The van der Waals surface area contributed by atoms with Crippen molar-refractivity contribution in [2.75, 3.05) is 0 Å². The Morgan fingerprint density at radius 3 is 2.26 bits per heavy atom. The fraction of sp³-hybridized carbons (Fsp3) is 0.300. The molecule has 0 N–H and O–H groups in total. The van der Waals surface area contributed by atoms with E-state index in [9.17, 15) is 0 Å². The number of hydrogen-bond acceptors (Lipinski definition) is 0. The third kappa shape index (κ3) is 5.59. The summed E-state index contributed by atoms with van der Waals surface area (Å²) in [6.45, 7) is 0. The van der Waals surface area contributed by atoms with Gasteiger partial charge >= 0.3 is 59.5 Å². The first-order valence-electron chi connectivity index (χ1n) is 7.91. The summed E-state index contributed by atoms with van der Waals surface area (Å²) >= 11 is 1.69. The van der Waals surface area contributed by atoms with Crippen LogP contribution in [-0.4, -0.2) is 3.21 Å². The van der Waals surface area contributed by atoms with Crippen LogP contribution in [0.1, 0.15) is 44.1 Å². The van der Waals surface area contributed by atoms with Crippen LogP contribution in [0, 0.1) is 0 Å². The molecule has 2 aliphatic rings. The quantitative estimate of drug-likeness (QED) is 0.547. The van der Waals surface area contributed by atoms with Crippen LogP contribution >= 0.6 is 0 Å². The first-order chi connectivity index (χ1) is 10.3. The number of allylic oxidation sites excluding steroid dienone is 4. The molecule has 0 heterocycles. The van der Waals surface area contributed by atoms with Gasteiger partial charge in [-0.15, -0.1) is 40.6 Å². The van der Waals surface area contributed by atoms with Gasteiger partial charge in [0, 0.05) is 0 Å². The molecule has 0 spiro atoms. The van der Waals surface area contributed by atoms with Crippen LogP contribution in [0.15, 0.2) is 54.6 Å². The molecular weight excluding hydrogens is 402 g/mol. The van der Waals surface area contributed by atoms with Gasteiger partial charge in [-0.05, 0) is 6.42 Å². The minimum atomic E-state index is 0. The van der Waals surface area contributed by atoms with Crippen LogP contribution in [0.5, 0.6) is 0 Å². The van der Waals surface area contributed by atoms with E-state index in [2.05, 4.69) is 54.6 Å². The Morgan fingerprint density at radius 1 is 0.913 bits per heavy atom. The molecule has 0 unspecified atom stereocenters. The van der Waals surface area contributed by atoms with Gasteiger partial charge in [0.1, 0.15) is 0 Å². The minimum absolute atomic E-state index is 0. The standard InChI is InChI=1S/C14H11.C6H10.2ClH.Zr/c1-2-6-11(5-1)14-10-9-12-7-3-4-8-13(12)14;1-2-4-6-5-3-1;;;/h1-5,7-10H,6H2;1-5H2;2*1H;/q-1;;;;+2/p-2. The zero-order valence-corrected chi connectivity index (χ0v) is 17.2. The SMILES string of the molecule is C1=CCC([c-]2ccc3ccccc32)=C1.[Cl-].[Cl-].[Zr+2]=[C]1CCCCC1. The van der Waals surface area contributed by atoms with Crippen LogP contribution < -0.4 is 24.8 Å². The maximum atomic E-state index is 2.23. The van der Waals surface area contributed by atoms with E-state index in [-0.39, 0.29) is 24.8 Å². The van der Waals surface area contributed by atoms with Crippen molar-refractivity contribution in [2.45, 2.75) is 38.5 Å². The average molecular weight is 424 g/mol. The van der Waals surface area contributed by atoms with Crippen LogP contribution in [0.4, 0.5) is 0 Å². The second-order valence-electron chi connectivity index (χ2n) is 5.82. The van der Waals surface area contributed by atoms with Gasteiger partial charge in [0.2, 0.25) is 0 Å². The van der Waals surface area contributed by atoms with Crippen molar-refractivity contribution in [2.24, 2.45) is 0 Å². The molecule has 2 aliphatic carbocycles. The summed E-state index contributed by atoms with van der Waals surface area (Å²) in [4.78, 5) is 0. The summed E-state index contributed by atoms with van der Waals surface area (Å²) < 4.78 is 1.80. The Hall–Kier alpha value is -0.357. The molecule has 0 radical (unpaired) electrons. The van der Waals surface area contributed by atoms with Crippen LogP contribution in [0.3, 0.4) is 0 Å². The summed E-state index contributed by atoms with van der Waals surface area (Å²) in [5.74, 6) is 0. The summed E-state index contributed by atoms with van der Waals surface area (Å²) in [7, 11) is 0. The Bertz CT molecular complexity index is 686. The van der Waals surface area contributed by atoms with Crippen LogP contribution in [0.25, 0.3) is 16.3 Å². The molecule has 23 heavy (non-hydrogen) atoms. The van der Waals surface area contributed by atoms with E-state index < -0.39 is 0 Å². The molecule has 3 heteroatoms. The number of hydrogen-bond donors (Lipinski definition) is 0. The third-order valence-electron chi connectivity index (χ3n) is 4.25. The van der Waals surface area contributed by atoms with Crippen LogP contribution in [0.2, 0.25) is 0 Å². The van der Waals surface area contributed by atoms with Gasteiger partial charge in [0.15, 0.2) is 0 Å². The molecule has 0 aromatic heterocycles. The number of rotatable bonds is 1. The van der Waals surface area contributed by atoms with Crippen molar-refractivity contribution in [3.63, 3.8) is 0 Å². The molecule has 0 atom stereocenters. The van der Waals surface area contributed by atoms with Gasteiger partial charge in [0.25, 0.3) is 0 Å². The van der Waals surface area contributed by atoms with E-state index in [1.807, 2.05) is 0 Å². The molecular formula is C20H21Cl2Zr-. The van der Waals surface area contributed by atoms with Gasteiger partial charge in [-0.1, -0.05) is 35.9 Å². The van der Waals surface area contributed by atoms with Gasteiger partial charge in [0.05, 0.1) is 0 Å². The normalized spacial score (nSPS) is 16.1. The number of benzene rings is 1. The zero-order chi connectivity index (χ0) is 14.5. The second kappa shape index (κ2) is 10.5. The Labute approximate surface area is 166 Å².